The van der Waals surface area contributed by atoms with Crippen molar-refractivity contribution in [2.45, 2.75) is 6.04 Å². The van der Waals surface area contributed by atoms with E-state index in [-0.39, 0.29) is 6.04 Å². The van der Waals surface area contributed by atoms with Crippen molar-refractivity contribution >= 4 is 17.1 Å². The van der Waals surface area contributed by atoms with E-state index in [1.54, 1.807) is 11.3 Å². The number of hydrogen-bond acceptors (Lipinski definition) is 3. The van der Waals surface area contributed by atoms with Gasteiger partial charge in [0, 0.05) is 17.5 Å². The van der Waals surface area contributed by atoms with Crippen LogP contribution in [0.4, 0.5) is 0 Å². The number of hydroxylamine groups is 2. The fourth-order valence-electron chi connectivity index (χ4n) is 1.96. The molecule has 1 atom stereocenters. The quantitative estimate of drug-likeness (QED) is 0.797. The summed E-state index contributed by atoms with van der Waals surface area (Å²) in [4.78, 5) is 7.09. The van der Waals surface area contributed by atoms with Crippen LogP contribution in [0.15, 0.2) is 53.9 Å². The van der Waals surface area contributed by atoms with Gasteiger partial charge in [-0.25, -0.2) is 0 Å². The van der Waals surface area contributed by atoms with Crippen LogP contribution in [0, 0.1) is 0 Å². The number of nitrogens with zero attached hydrogens (tertiary/aromatic N) is 1. The van der Waals surface area contributed by atoms with Crippen LogP contribution in [-0.2, 0) is 4.84 Å². The van der Waals surface area contributed by atoms with Crippen molar-refractivity contribution in [1.29, 1.82) is 0 Å². The van der Waals surface area contributed by atoms with Crippen molar-refractivity contribution in [2.75, 3.05) is 7.05 Å². The highest BCUT2D eigenvalue weighted by Crippen LogP contribution is 2.36. The highest BCUT2D eigenvalue weighted by atomic mass is 32.1. The fourth-order valence-corrected chi connectivity index (χ4v) is 2.79. The Balaban J connectivity index is 1.92. The summed E-state index contributed by atoms with van der Waals surface area (Å²) in [6, 6.07) is 14.6. The Morgan fingerprint density at radius 1 is 1.12 bits per heavy atom. The van der Waals surface area contributed by atoms with Crippen molar-refractivity contribution in [3.63, 3.8) is 0 Å². The van der Waals surface area contributed by atoms with E-state index in [2.05, 4.69) is 35.7 Å². The summed E-state index contributed by atoms with van der Waals surface area (Å²) in [5.41, 5.74) is 1.12. The lowest BCUT2D eigenvalue weighted by Gasteiger charge is -2.16. The van der Waals surface area contributed by atoms with Crippen LogP contribution in [0.1, 0.15) is 16.5 Å². The van der Waals surface area contributed by atoms with E-state index in [4.69, 9.17) is 4.84 Å². The third-order valence-electron chi connectivity index (χ3n) is 2.84. The van der Waals surface area contributed by atoms with Gasteiger partial charge in [-0.15, -0.1) is 16.4 Å². The largest absolute Gasteiger partial charge is 0.405 e. The average Bonchev–Trinajstić information content (AvgIpc) is 2.99. The summed E-state index contributed by atoms with van der Waals surface area (Å²) >= 11 is 1.75. The minimum absolute atomic E-state index is 0.227. The highest BCUT2D eigenvalue weighted by molar-refractivity contribution is 7.10. The Labute approximate surface area is 105 Å². The SMILES string of the molecule is CN1OC(c2ccccc2)=CC1c1cccs1. The van der Waals surface area contributed by atoms with Crippen molar-refractivity contribution < 1.29 is 4.84 Å². The zero-order chi connectivity index (χ0) is 11.7. The number of thiophene rings is 1. The summed E-state index contributed by atoms with van der Waals surface area (Å²) in [6.45, 7) is 0. The highest BCUT2D eigenvalue weighted by Gasteiger charge is 2.26. The minimum Gasteiger partial charge on any atom is -0.405 e. The Bertz CT molecular complexity index is 518. The normalized spacial score (nSPS) is 20.1. The van der Waals surface area contributed by atoms with E-state index in [1.165, 1.54) is 4.88 Å². The molecule has 0 spiro atoms. The molecule has 2 heterocycles. The van der Waals surface area contributed by atoms with Gasteiger partial charge in [-0.05, 0) is 17.5 Å². The molecule has 1 aromatic heterocycles. The summed E-state index contributed by atoms with van der Waals surface area (Å²) in [6.07, 6.45) is 2.17. The van der Waals surface area contributed by atoms with E-state index in [9.17, 15) is 0 Å². The van der Waals surface area contributed by atoms with Crippen LogP contribution in [0.5, 0.6) is 0 Å². The molecule has 0 radical (unpaired) electrons. The lowest BCUT2D eigenvalue weighted by molar-refractivity contribution is -0.0654. The molecule has 17 heavy (non-hydrogen) atoms. The van der Waals surface area contributed by atoms with Crippen molar-refractivity contribution in [2.24, 2.45) is 0 Å². The maximum atomic E-state index is 5.78. The molecule has 0 amide bonds. The zero-order valence-electron chi connectivity index (χ0n) is 9.54. The van der Waals surface area contributed by atoms with Gasteiger partial charge in [0.15, 0.2) is 5.76 Å². The lowest BCUT2D eigenvalue weighted by Crippen LogP contribution is -2.16. The third-order valence-corrected chi connectivity index (χ3v) is 3.78. The van der Waals surface area contributed by atoms with Gasteiger partial charge >= 0.3 is 0 Å². The number of benzene rings is 1. The lowest BCUT2D eigenvalue weighted by atomic mass is 10.1. The van der Waals surface area contributed by atoms with Crippen molar-refractivity contribution in [3.8, 4) is 0 Å². The van der Waals surface area contributed by atoms with E-state index in [1.807, 2.05) is 30.3 Å². The fraction of sp³-hybridized carbons (Fsp3) is 0.143. The van der Waals surface area contributed by atoms with Crippen LogP contribution in [-0.4, -0.2) is 12.1 Å². The molecule has 2 nitrogen and oxygen atoms in total. The van der Waals surface area contributed by atoms with Gasteiger partial charge in [0.25, 0.3) is 0 Å². The molecule has 1 aliphatic heterocycles. The maximum absolute atomic E-state index is 5.78. The molecule has 3 rings (SSSR count). The van der Waals surface area contributed by atoms with E-state index >= 15 is 0 Å². The first-order valence-electron chi connectivity index (χ1n) is 5.56. The van der Waals surface area contributed by atoms with Gasteiger partial charge < -0.3 is 4.84 Å². The zero-order valence-corrected chi connectivity index (χ0v) is 10.4. The second-order valence-corrected chi connectivity index (χ2v) is 4.97. The molecule has 1 aliphatic rings. The van der Waals surface area contributed by atoms with Gasteiger partial charge in [-0.2, -0.15) is 0 Å². The first-order valence-corrected chi connectivity index (χ1v) is 6.44. The minimum atomic E-state index is 0.227. The van der Waals surface area contributed by atoms with Crippen LogP contribution in [0.25, 0.3) is 5.76 Å². The second-order valence-electron chi connectivity index (χ2n) is 3.99. The van der Waals surface area contributed by atoms with Gasteiger partial charge in [-0.1, -0.05) is 36.4 Å². The molecule has 0 bridgehead atoms. The standard InChI is InChI=1S/C14H13NOS/c1-15-12(14-8-5-9-17-14)10-13(16-15)11-6-3-2-4-7-11/h2-10,12H,1H3. The average molecular weight is 243 g/mol. The Morgan fingerprint density at radius 3 is 2.65 bits per heavy atom. The Morgan fingerprint density at radius 2 is 1.94 bits per heavy atom. The summed E-state index contributed by atoms with van der Waals surface area (Å²) in [5, 5.41) is 3.99. The first-order chi connectivity index (χ1) is 8.34. The summed E-state index contributed by atoms with van der Waals surface area (Å²) in [5.74, 6) is 0.937. The van der Waals surface area contributed by atoms with Gasteiger partial charge in [0.1, 0.15) is 6.04 Å². The van der Waals surface area contributed by atoms with Gasteiger partial charge in [-0.3, -0.25) is 0 Å². The molecular formula is C14H13NOS. The molecule has 1 aromatic carbocycles. The smallest absolute Gasteiger partial charge is 0.152 e. The molecule has 2 aromatic rings. The van der Waals surface area contributed by atoms with Crippen LogP contribution < -0.4 is 0 Å². The topological polar surface area (TPSA) is 12.5 Å². The van der Waals surface area contributed by atoms with E-state index in [0.717, 1.165) is 11.3 Å². The Hall–Kier alpha value is -1.58. The van der Waals surface area contributed by atoms with E-state index in [0.29, 0.717) is 0 Å². The summed E-state index contributed by atoms with van der Waals surface area (Å²) in [7, 11) is 1.97. The van der Waals surface area contributed by atoms with Crippen LogP contribution in [0.2, 0.25) is 0 Å². The van der Waals surface area contributed by atoms with Crippen LogP contribution >= 0.6 is 11.3 Å². The maximum Gasteiger partial charge on any atom is 0.152 e. The molecule has 0 saturated heterocycles. The van der Waals surface area contributed by atoms with Crippen molar-refractivity contribution in [3.05, 3.63) is 64.4 Å². The number of hydrogen-bond donors (Lipinski definition) is 0. The summed E-state index contributed by atoms with van der Waals surface area (Å²) < 4.78 is 0. The predicted molar refractivity (Wildman–Crippen MR) is 70.3 cm³/mol. The van der Waals surface area contributed by atoms with Crippen LogP contribution in [0.3, 0.4) is 0 Å². The van der Waals surface area contributed by atoms with Gasteiger partial charge in [0.2, 0.25) is 0 Å². The number of likely N-dealkylation sites (N-methyl/N-ethyl adjacent to an activating group) is 1. The molecular weight excluding hydrogens is 230 g/mol. The molecule has 1 unspecified atom stereocenters. The molecule has 86 valence electrons. The Kier molecular flexibility index (Phi) is 2.71. The predicted octanol–water partition coefficient (Wildman–Crippen LogP) is 3.71. The molecule has 3 heteroatoms. The molecule has 0 saturated carbocycles. The first kappa shape index (κ1) is 10.6. The van der Waals surface area contributed by atoms with E-state index < -0.39 is 0 Å². The third kappa shape index (κ3) is 1.99. The molecule has 0 N–H and O–H groups in total. The molecule has 0 aliphatic carbocycles. The van der Waals surface area contributed by atoms with Crippen molar-refractivity contribution in [1.82, 2.24) is 5.06 Å². The van der Waals surface area contributed by atoms with Gasteiger partial charge in [0.05, 0.1) is 0 Å². The molecule has 0 fully saturated rings. The number of rotatable bonds is 2. The second kappa shape index (κ2) is 4.35. The monoisotopic (exact) mass is 243 g/mol.